The van der Waals surface area contributed by atoms with Crippen LogP contribution < -0.4 is 9.46 Å². The van der Waals surface area contributed by atoms with Crippen molar-refractivity contribution in [3.8, 4) is 5.75 Å². The number of sulfonamides is 1. The Labute approximate surface area is 219 Å². The predicted molar refractivity (Wildman–Crippen MR) is 134 cm³/mol. The molecule has 0 saturated carbocycles. The molecule has 1 N–H and O–H groups in total. The molecule has 0 spiro atoms. The number of benzene rings is 2. The third kappa shape index (κ3) is 6.78. The summed E-state index contributed by atoms with van der Waals surface area (Å²) in [6.07, 6.45) is -4.47. The molecule has 0 aliphatic carbocycles. The van der Waals surface area contributed by atoms with Gasteiger partial charge in [0, 0.05) is 34.1 Å². The Balaban J connectivity index is 1.54. The number of likely N-dealkylation sites (tertiary alicyclic amines) is 1. The highest BCUT2D eigenvalue weighted by molar-refractivity contribution is 8.02. The second-order valence-corrected chi connectivity index (χ2v) is 13.1. The first kappa shape index (κ1) is 26.4. The first-order valence-electron chi connectivity index (χ1n) is 10.2. The second-order valence-electron chi connectivity index (χ2n) is 7.89. The quantitative estimate of drug-likeness (QED) is 0.321. The number of hydrogen-bond acceptors (Lipinski definition) is 6. The molecular formula is C22H19Cl2F3N2O3S3. The summed E-state index contributed by atoms with van der Waals surface area (Å²) in [5, 5.41) is 0.909. The topological polar surface area (TPSA) is 58.6 Å². The van der Waals surface area contributed by atoms with Crippen LogP contribution in [0.1, 0.15) is 12.0 Å². The molecule has 0 bridgehead atoms. The van der Waals surface area contributed by atoms with Gasteiger partial charge in [-0.25, -0.2) is 8.42 Å². The number of nitrogens with zero attached hydrogens (tertiary/aromatic N) is 1. The fourth-order valence-corrected chi connectivity index (χ4v) is 7.87. The van der Waals surface area contributed by atoms with E-state index >= 15 is 0 Å². The molecule has 1 saturated heterocycles. The lowest BCUT2D eigenvalue weighted by molar-refractivity contribution is -0.139. The average molecular weight is 584 g/mol. The van der Waals surface area contributed by atoms with Crippen LogP contribution in [0, 0.1) is 0 Å². The Morgan fingerprint density at radius 1 is 1.11 bits per heavy atom. The molecule has 0 radical (unpaired) electrons. The zero-order chi connectivity index (χ0) is 25.4. The van der Waals surface area contributed by atoms with Crippen molar-refractivity contribution in [2.45, 2.75) is 32.0 Å². The van der Waals surface area contributed by atoms with Crippen molar-refractivity contribution in [2.24, 2.45) is 0 Å². The van der Waals surface area contributed by atoms with Crippen LogP contribution in [0.2, 0.25) is 10.0 Å². The first-order chi connectivity index (χ1) is 16.4. The second kappa shape index (κ2) is 10.4. The van der Waals surface area contributed by atoms with E-state index in [2.05, 4.69) is 4.72 Å². The van der Waals surface area contributed by atoms with Gasteiger partial charge in [0.2, 0.25) is 0 Å². The summed E-state index contributed by atoms with van der Waals surface area (Å²) in [6, 6.07) is 11.0. The number of hydrogen-bond donors (Lipinski definition) is 1. The van der Waals surface area contributed by atoms with E-state index in [0.29, 0.717) is 33.8 Å². The van der Waals surface area contributed by atoms with E-state index in [0.717, 1.165) is 34.4 Å². The van der Waals surface area contributed by atoms with Gasteiger partial charge in [-0.05, 0) is 55.9 Å². The number of ether oxygens (including phenoxy) is 1. The molecule has 35 heavy (non-hydrogen) atoms. The summed E-state index contributed by atoms with van der Waals surface area (Å²) < 4.78 is 75.1. The molecular weight excluding hydrogens is 564 g/mol. The maximum absolute atomic E-state index is 13.5. The van der Waals surface area contributed by atoms with E-state index in [1.165, 1.54) is 17.8 Å². The Kier molecular flexibility index (Phi) is 7.85. The minimum Gasteiger partial charge on any atom is -0.488 e. The van der Waals surface area contributed by atoms with Gasteiger partial charge >= 0.3 is 6.18 Å². The minimum atomic E-state index is -4.64. The normalized spacial score (nSPS) is 17.0. The van der Waals surface area contributed by atoms with E-state index in [-0.39, 0.29) is 9.90 Å². The summed E-state index contributed by atoms with van der Waals surface area (Å²) >= 11 is 14.3. The highest BCUT2D eigenvalue weighted by Gasteiger charge is 2.36. The highest BCUT2D eigenvalue weighted by atomic mass is 35.5. The van der Waals surface area contributed by atoms with Gasteiger partial charge in [-0.15, -0.1) is 11.3 Å². The summed E-state index contributed by atoms with van der Waals surface area (Å²) in [7, 11) is -2.19. The van der Waals surface area contributed by atoms with Crippen LogP contribution in [0.25, 0.3) is 0 Å². The smallest absolute Gasteiger partial charge is 0.419 e. The molecule has 1 aliphatic heterocycles. The van der Waals surface area contributed by atoms with Gasteiger partial charge in [-0.3, -0.25) is 4.72 Å². The van der Waals surface area contributed by atoms with Crippen LogP contribution in [-0.2, 0) is 16.2 Å². The molecule has 5 nitrogen and oxygen atoms in total. The zero-order valence-corrected chi connectivity index (χ0v) is 22.1. The lowest BCUT2D eigenvalue weighted by Crippen LogP contribution is -2.23. The first-order valence-corrected chi connectivity index (χ1v) is 14.1. The molecule has 0 amide bonds. The van der Waals surface area contributed by atoms with Gasteiger partial charge in [-0.1, -0.05) is 35.0 Å². The zero-order valence-electron chi connectivity index (χ0n) is 18.1. The molecule has 1 aliphatic rings. The molecule has 188 valence electrons. The van der Waals surface area contributed by atoms with Crippen molar-refractivity contribution in [1.82, 2.24) is 4.90 Å². The molecule has 4 rings (SSSR count). The van der Waals surface area contributed by atoms with Gasteiger partial charge in [0.1, 0.15) is 16.1 Å². The minimum absolute atomic E-state index is 0.00732. The molecule has 2 heterocycles. The number of likely N-dealkylation sites (N-methyl/N-ethyl adjacent to an activating group) is 1. The van der Waals surface area contributed by atoms with Gasteiger partial charge in [0.15, 0.2) is 0 Å². The number of rotatable bonds is 7. The monoisotopic (exact) mass is 582 g/mol. The molecule has 2 aromatic carbocycles. The van der Waals surface area contributed by atoms with E-state index in [9.17, 15) is 21.6 Å². The Hall–Kier alpha value is -1.63. The maximum atomic E-state index is 13.5. The fraction of sp³-hybridized carbons (Fsp3) is 0.273. The lowest BCUT2D eigenvalue weighted by Gasteiger charge is -2.19. The third-order valence-corrected chi connectivity index (χ3v) is 9.56. The number of thiophene rings is 1. The molecule has 3 aromatic rings. The highest BCUT2D eigenvalue weighted by Crippen LogP contribution is 2.40. The molecule has 1 fully saturated rings. The standard InChI is InChI=1S/C22H19Cl2F3N2O3S3/c1-29-7-6-16(12-29)32-19-11-15(2-3-18(19)22(25,26)27)28-35(30,31)21-5-4-20(34-21)33-17-9-13(23)8-14(24)10-17/h2-5,8-11,16,28H,6-7,12H2,1H3/t16-/m1/s1. The van der Waals surface area contributed by atoms with Crippen molar-refractivity contribution in [3.05, 3.63) is 64.1 Å². The van der Waals surface area contributed by atoms with Crippen LogP contribution in [0.4, 0.5) is 18.9 Å². The third-order valence-electron chi connectivity index (χ3n) is 5.06. The van der Waals surface area contributed by atoms with Crippen molar-refractivity contribution >= 4 is 62.0 Å². The van der Waals surface area contributed by atoms with Crippen LogP contribution in [-0.4, -0.2) is 39.6 Å². The van der Waals surface area contributed by atoms with Crippen LogP contribution in [0.5, 0.6) is 5.75 Å². The van der Waals surface area contributed by atoms with E-state index in [1.807, 2.05) is 11.9 Å². The molecule has 1 atom stereocenters. The van der Waals surface area contributed by atoms with Crippen LogP contribution in [0.3, 0.4) is 0 Å². The summed E-state index contributed by atoms with van der Waals surface area (Å²) in [4.78, 5) is 2.69. The van der Waals surface area contributed by atoms with Gasteiger partial charge < -0.3 is 9.64 Å². The Morgan fingerprint density at radius 2 is 1.83 bits per heavy atom. The summed E-state index contributed by atoms with van der Waals surface area (Å²) in [5.41, 5.74) is -0.978. The van der Waals surface area contributed by atoms with Gasteiger partial charge in [0.05, 0.1) is 15.5 Å². The number of anilines is 1. The van der Waals surface area contributed by atoms with Gasteiger partial charge in [-0.2, -0.15) is 13.2 Å². The fourth-order valence-electron chi connectivity index (χ4n) is 3.50. The van der Waals surface area contributed by atoms with Crippen molar-refractivity contribution < 1.29 is 26.3 Å². The number of alkyl halides is 3. The van der Waals surface area contributed by atoms with Crippen LogP contribution in [0.15, 0.2) is 61.8 Å². The van der Waals surface area contributed by atoms with Crippen molar-refractivity contribution in [2.75, 3.05) is 24.9 Å². The molecule has 0 unspecified atom stereocenters. The molecule has 1 aromatic heterocycles. The SMILES string of the molecule is CN1CC[C@@H](Oc2cc(NS(=O)(=O)c3ccc(Sc4cc(Cl)cc(Cl)c4)s3)ccc2C(F)(F)F)C1. The Bertz CT molecular complexity index is 1310. The van der Waals surface area contributed by atoms with Crippen molar-refractivity contribution in [3.63, 3.8) is 0 Å². The maximum Gasteiger partial charge on any atom is 0.419 e. The average Bonchev–Trinajstić information content (AvgIpc) is 3.35. The van der Waals surface area contributed by atoms with E-state index in [4.69, 9.17) is 27.9 Å². The van der Waals surface area contributed by atoms with E-state index in [1.54, 1.807) is 24.3 Å². The van der Waals surface area contributed by atoms with Crippen LogP contribution >= 0.6 is 46.3 Å². The number of nitrogens with one attached hydrogen (secondary N) is 1. The van der Waals surface area contributed by atoms with Crippen molar-refractivity contribution in [1.29, 1.82) is 0 Å². The van der Waals surface area contributed by atoms with E-state index < -0.39 is 33.6 Å². The summed E-state index contributed by atoms with van der Waals surface area (Å²) in [5.74, 6) is -0.404. The predicted octanol–water partition coefficient (Wildman–Crippen LogP) is 7.11. The summed E-state index contributed by atoms with van der Waals surface area (Å²) in [6.45, 7) is 1.19. The Morgan fingerprint density at radius 3 is 2.46 bits per heavy atom. The molecule has 13 heteroatoms. The largest absolute Gasteiger partial charge is 0.488 e. The lowest BCUT2D eigenvalue weighted by atomic mass is 10.1. The number of halogens is 5. The van der Waals surface area contributed by atoms with Gasteiger partial charge in [0.25, 0.3) is 10.0 Å².